The second-order valence-corrected chi connectivity index (χ2v) is 8.02. The average Bonchev–Trinajstić information content (AvgIpc) is 2.75. The lowest BCUT2D eigenvalue weighted by molar-refractivity contribution is -0.115. The molecular formula is C25H25N3O3. The van der Waals surface area contributed by atoms with Gasteiger partial charge in [-0.1, -0.05) is 35.9 Å². The van der Waals surface area contributed by atoms with Crippen molar-refractivity contribution in [3.05, 3.63) is 76.1 Å². The molecule has 0 spiro atoms. The summed E-state index contributed by atoms with van der Waals surface area (Å²) in [5.41, 5.74) is 7.23. The van der Waals surface area contributed by atoms with Gasteiger partial charge in [-0.15, -0.1) is 0 Å². The minimum absolute atomic E-state index is 0.0147. The van der Waals surface area contributed by atoms with Crippen LogP contribution >= 0.6 is 0 Å². The van der Waals surface area contributed by atoms with Gasteiger partial charge in [-0.05, 0) is 61.6 Å². The van der Waals surface area contributed by atoms with Crippen LogP contribution < -0.4 is 5.32 Å². The van der Waals surface area contributed by atoms with Gasteiger partial charge < -0.3 is 15.5 Å². The number of hydrogen-bond donors (Lipinski definition) is 3. The van der Waals surface area contributed by atoms with Crippen molar-refractivity contribution in [1.82, 2.24) is 9.97 Å². The first-order chi connectivity index (χ1) is 14.9. The summed E-state index contributed by atoms with van der Waals surface area (Å²) in [6.07, 6.45) is 3.63. The first-order valence-electron chi connectivity index (χ1n) is 10.3. The van der Waals surface area contributed by atoms with Gasteiger partial charge in [-0.2, -0.15) is 0 Å². The smallest absolute Gasteiger partial charge is 0.230 e. The third-order valence-corrected chi connectivity index (χ3v) is 5.22. The van der Waals surface area contributed by atoms with E-state index in [1.165, 1.54) is 0 Å². The Bertz CT molecular complexity index is 1160. The van der Waals surface area contributed by atoms with Gasteiger partial charge in [-0.25, -0.2) is 9.97 Å². The number of aromatic hydroxyl groups is 1. The van der Waals surface area contributed by atoms with Crippen LogP contribution in [0.4, 0.5) is 5.82 Å². The number of fused-ring (bicyclic) bond motifs is 3. The van der Waals surface area contributed by atoms with Gasteiger partial charge in [0.05, 0.1) is 24.4 Å². The molecule has 0 bridgehead atoms. The van der Waals surface area contributed by atoms with Crippen molar-refractivity contribution in [2.75, 3.05) is 5.32 Å². The van der Waals surface area contributed by atoms with E-state index < -0.39 is 0 Å². The molecule has 1 heterocycles. The van der Waals surface area contributed by atoms with Crippen LogP contribution in [-0.2, 0) is 30.7 Å². The average molecular weight is 415 g/mol. The zero-order chi connectivity index (χ0) is 22.0. The molecule has 31 heavy (non-hydrogen) atoms. The molecule has 1 amide bonds. The quantitative estimate of drug-likeness (QED) is 0.584. The topological polar surface area (TPSA) is 95.3 Å². The number of aliphatic hydroxyl groups is 1. The number of rotatable bonds is 5. The third kappa shape index (κ3) is 4.64. The van der Waals surface area contributed by atoms with Gasteiger partial charge in [0.2, 0.25) is 5.91 Å². The summed E-state index contributed by atoms with van der Waals surface area (Å²) in [4.78, 5) is 22.3. The highest BCUT2D eigenvalue weighted by atomic mass is 16.3. The Labute approximate surface area is 181 Å². The number of aliphatic hydroxyl groups excluding tert-OH is 1. The highest BCUT2D eigenvalue weighted by Crippen LogP contribution is 2.34. The summed E-state index contributed by atoms with van der Waals surface area (Å²) in [5.74, 6) is 0.438. The fraction of sp³-hybridized carbons (Fsp3) is 0.240. The number of hydrogen-bond acceptors (Lipinski definition) is 5. The van der Waals surface area contributed by atoms with Gasteiger partial charge in [0, 0.05) is 5.56 Å². The maximum atomic E-state index is 12.7. The minimum Gasteiger partial charge on any atom is -0.508 e. The normalized spacial score (nSPS) is 12.0. The molecule has 3 aromatic rings. The van der Waals surface area contributed by atoms with Crippen LogP contribution in [-0.4, -0.2) is 26.1 Å². The molecule has 158 valence electrons. The number of nitrogens with one attached hydrogen (secondary N) is 1. The Morgan fingerprint density at radius 1 is 1.06 bits per heavy atom. The molecule has 0 aliphatic heterocycles. The Hall–Kier alpha value is -3.51. The number of nitrogens with zero attached hydrogens (tertiary/aromatic N) is 2. The lowest BCUT2D eigenvalue weighted by atomic mass is 9.90. The molecule has 6 heteroatoms. The highest BCUT2D eigenvalue weighted by Gasteiger charge is 2.22. The largest absolute Gasteiger partial charge is 0.508 e. The highest BCUT2D eigenvalue weighted by molar-refractivity contribution is 5.93. The molecule has 0 saturated carbocycles. The summed E-state index contributed by atoms with van der Waals surface area (Å²) in [6, 6.07) is 12.5. The number of carbonyl (C=O) groups is 1. The zero-order valence-corrected chi connectivity index (χ0v) is 17.6. The standard InChI is InChI=1S/C25H25N3O3/c1-15(2)11-22-25(28-23(31)13-16-3-7-19(30)8-4-16)27-21-10-6-18-12-17(14-29)5-9-20(18)24(21)26-22/h3-5,7-9,11-12,29-30H,6,10,13-14H2,1-2H3,(H,27,28,31). The number of phenols is 1. The molecule has 0 radical (unpaired) electrons. The maximum absolute atomic E-state index is 12.7. The van der Waals surface area contributed by atoms with Crippen molar-refractivity contribution in [1.29, 1.82) is 0 Å². The van der Waals surface area contributed by atoms with Gasteiger partial charge in [0.15, 0.2) is 5.82 Å². The number of benzene rings is 2. The van der Waals surface area contributed by atoms with Crippen LogP contribution in [0.25, 0.3) is 17.3 Å². The van der Waals surface area contributed by atoms with E-state index in [0.717, 1.165) is 52.1 Å². The van der Waals surface area contributed by atoms with E-state index in [-0.39, 0.29) is 24.7 Å². The van der Waals surface area contributed by atoms with E-state index in [1.807, 2.05) is 38.1 Å². The van der Waals surface area contributed by atoms with Crippen molar-refractivity contribution in [2.45, 2.75) is 39.7 Å². The minimum atomic E-state index is -0.188. The Morgan fingerprint density at radius 3 is 2.52 bits per heavy atom. The summed E-state index contributed by atoms with van der Waals surface area (Å²) in [6.45, 7) is 3.97. The van der Waals surface area contributed by atoms with Crippen LogP contribution in [0, 0.1) is 0 Å². The molecule has 2 aromatic carbocycles. The lowest BCUT2D eigenvalue weighted by Crippen LogP contribution is -2.19. The summed E-state index contributed by atoms with van der Waals surface area (Å²) in [7, 11) is 0. The van der Waals surface area contributed by atoms with Gasteiger partial charge in [-0.3, -0.25) is 4.79 Å². The van der Waals surface area contributed by atoms with E-state index in [9.17, 15) is 15.0 Å². The molecule has 3 N–H and O–H groups in total. The van der Waals surface area contributed by atoms with Crippen LogP contribution in [0.3, 0.4) is 0 Å². The second kappa shape index (κ2) is 8.70. The molecular weight excluding hydrogens is 390 g/mol. The van der Waals surface area contributed by atoms with E-state index in [2.05, 4.69) is 5.32 Å². The molecule has 0 unspecified atom stereocenters. The van der Waals surface area contributed by atoms with E-state index >= 15 is 0 Å². The van der Waals surface area contributed by atoms with Crippen molar-refractivity contribution < 1.29 is 15.0 Å². The van der Waals surface area contributed by atoms with Gasteiger partial charge in [0.25, 0.3) is 0 Å². The number of anilines is 1. The SMILES string of the molecule is CC(C)=Cc1nc2c(nc1NC(=O)Cc1ccc(O)cc1)CCc1cc(CO)ccc1-2. The lowest BCUT2D eigenvalue weighted by Gasteiger charge is -2.21. The molecule has 6 nitrogen and oxygen atoms in total. The predicted octanol–water partition coefficient (Wildman–Crippen LogP) is 4.04. The molecule has 4 rings (SSSR count). The monoisotopic (exact) mass is 415 g/mol. The van der Waals surface area contributed by atoms with Crippen molar-refractivity contribution in [2.24, 2.45) is 0 Å². The van der Waals surface area contributed by atoms with Crippen molar-refractivity contribution >= 4 is 17.8 Å². The Morgan fingerprint density at radius 2 is 1.81 bits per heavy atom. The first kappa shape index (κ1) is 20.8. The summed E-state index contributed by atoms with van der Waals surface area (Å²) in [5, 5.41) is 21.8. The number of aryl methyl sites for hydroxylation is 2. The van der Waals surface area contributed by atoms with Crippen LogP contribution in [0.2, 0.25) is 0 Å². The fourth-order valence-electron chi connectivity index (χ4n) is 3.75. The van der Waals surface area contributed by atoms with Gasteiger partial charge >= 0.3 is 0 Å². The first-order valence-corrected chi connectivity index (χ1v) is 10.3. The molecule has 1 aliphatic rings. The predicted molar refractivity (Wildman–Crippen MR) is 121 cm³/mol. The molecule has 0 saturated heterocycles. The van der Waals surface area contributed by atoms with E-state index in [1.54, 1.807) is 24.3 Å². The van der Waals surface area contributed by atoms with Crippen molar-refractivity contribution in [3.8, 4) is 17.0 Å². The van der Waals surface area contributed by atoms with E-state index in [4.69, 9.17) is 9.97 Å². The van der Waals surface area contributed by atoms with Crippen LogP contribution in [0.15, 0.2) is 48.0 Å². The van der Waals surface area contributed by atoms with Gasteiger partial charge in [0.1, 0.15) is 11.4 Å². The zero-order valence-electron chi connectivity index (χ0n) is 17.6. The Balaban J connectivity index is 1.67. The number of phenolic OH excluding ortho intramolecular Hbond substituents is 1. The molecule has 1 aromatic heterocycles. The maximum Gasteiger partial charge on any atom is 0.230 e. The number of amides is 1. The van der Waals surface area contributed by atoms with Crippen LogP contribution in [0.5, 0.6) is 5.75 Å². The second-order valence-electron chi connectivity index (χ2n) is 8.02. The molecule has 1 aliphatic carbocycles. The summed E-state index contributed by atoms with van der Waals surface area (Å²) >= 11 is 0. The fourth-order valence-corrected chi connectivity index (χ4v) is 3.75. The Kier molecular flexibility index (Phi) is 5.82. The molecule has 0 fully saturated rings. The number of aromatic nitrogens is 2. The third-order valence-electron chi connectivity index (χ3n) is 5.22. The number of allylic oxidation sites excluding steroid dienone is 1. The molecule has 0 atom stereocenters. The van der Waals surface area contributed by atoms with Crippen molar-refractivity contribution in [3.63, 3.8) is 0 Å². The van der Waals surface area contributed by atoms with Crippen LogP contribution in [0.1, 0.15) is 41.9 Å². The summed E-state index contributed by atoms with van der Waals surface area (Å²) < 4.78 is 0. The number of carbonyl (C=O) groups excluding carboxylic acids is 1. The van der Waals surface area contributed by atoms with E-state index in [0.29, 0.717) is 11.5 Å².